The molecule has 1 aliphatic carbocycles. The van der Waals surface area contributed by atoms with Crippen molar-refractivity contribution in [3.8, 4) is 0 Å². The number of hydrogen-bond acceptors (Lipinski definition) is 2. The Bertz CT molecular complexity index is 235. The van der Waals surface area contributed by atoms with Crippen LogP contribution in [0.25, 0.3) is 0 Å². The van der Waals surface area contributed by atoms with Gasteiger partial charge in [-0.3, -0.25) is 4.99 Å². The van der Waals surface area contributed by atoms with Gasteiger partial charge in [0, 0.05) is 17.8 Å². The lowest BCUT2D eigenvalue weighted by Crippen LogP contribution is -2.48. The average molecular weight is 212 g/mol. The molecular weight excluding hydrogens is 192 g/mol. The van der Waals surface area contributed by atoms with Crippen LogP contribution in [-0.2, 0) is 0 Å². The van der Waals surface area contributed by atoms with Crippen LogP contribution in [-0.4, -0.2) is 23.0 Å². The molecule has 1 heterocycles. The van der Waals surface area contributed by atoms with E-state index in [1.54, 1.807) is 0 Å². The zero-order chi connectivity index (χ0) is 10.0. The number of hydrogen-bond donors (Lipinski definition) is 1. The summed E-state index contributed by atoms with van der Waals surface area (Å²) in [6.07, 6.45) is 5.24. The lowest BCUT2D eigenvalue weighted by atomic mass is 9.96. The van der Waals surface area contributed by atoms with Gasteiger partial charge in [-0.1, -0.05) is 18.7 Å². The molecule has 80 valence electrons. The van der Waals surface area contributed by atoms with Crippen LogP contribution in [0, 0.1) is 5.92 Å². The number of nitrogens with one attached hydrogen (secondary N) is 1. The number of nitrogens with zero attached hydrogens (tertiary/aromatic N) is 1. The Morgan fingerprint density at radius 2 is 2.36 bits per heavy atom. The van der Waals surface area contributed by atoms with Crippen LogP contribution in [0.5, 0.6) is 0 Å². The molecule has 0 aromatic rings. The first-order valence-corrected chi connectivity index (χ1v) is 6.66. The standard InChI is InChI=1S/C11H20N2S/c1-3-11(2)6-7-14-10(13-11)12-8-9-4-5-9/h9H,3-8H2,1-2H3,(H,12,13). The molecule has 0 spiro atoms. The van der Waals surface area contributed by atoms with Gasteiger partial charge in [-0.15, -0.1) is 0 Å². The van der Waals surface area contributed by atoms with E-state index in [-0.39, 0.29) is 0 Å². The van der Waals surface area contributed by atoms with Gasteiger partial charge in [0.05, 0.1) is 0 Å². The van der Waals surface area contributed by atoms with Crippen molar-refractivity contribution in [1.82, 2.24) is 5.32 Å². The van der Waals surface area contributed by atoms with Crippen molar-refractivity contribution in [3.05, 3.63) is 0 Å². The van der Waals surface area contributed by atoms with Gasteiger partial charge in [-0.2, -0.15) is 0 Å². The molecule has 2 aliphatic rings. The second kappa shape index (κ2) is 4.13. The molecule has 0 amide bonds. The maximum atomic E-state index is 4.66. The molecule has 1 aliphatic heterocycles. The van der Waals surface area contributed by atoms with E-state index >= 15 is 0 Å². The lowest BCUT2D eigenvalue weighted by Gasteiger charge is -2.35. The minimum absolute atomic E-state index is 0.299. The fraction of sp³-hybridized carbons (Fsp3) is 0.909. The molecule has 0 aromatic carbocycles. The summed E-state index contributed by atoms with van der Waals surface area (Å²) in [5.74, 6) is 2.13. The highest BCUT2D eigenvalue weighted by Crippen LogP contribution is 2.30. The van der Waals surface area contributed by atoms with Crippen molar-refractivity contribution in [2.45, 2.75) is 45.1 Å². The molecule has 1 saturated carbocycles. The van der Waals surface area contributed by atoms with Crippen molar-refractivity contribution in [1.29, 1.82) is 0 Å². The third-order valence-corrected chi connectivity index (χ3v) is 4.18. The smallest absolute Gasteiger partial charge is 0.156 e. The van der Waals surface area contributed by atoms with Crippen molar-refractivity contribution in [3.63, 3.8) is 0 Å². The molecule has 1 saturated heterocycles. The zero-order valence-electron chi connectivity index (χ0n) is 9.18. The van der Waals surface area contributed by atoms with Gasteiger partial charge in [0.2, 0.25) is 0 Å². The maximum Gasteiger partial charge on any atom is 0.156 e. The van der Waals surface area contributed by atoms with Crippen LogP contribution in [0.4, 0.5) is 0 Å². The van der Waals surface area contributed by atoms with Gasteiger partial charge >= 0.3 is 0 Å². The summed E-state index contributed by atoms with van der Waals surface area (Å²) in [7, 11) is 0. The van der Waals surface area contributed by atoms with Crippen LogP contribution < -0.4 is 5.32 Å². The summed E-state index contributed by atoms with van der Waals surface area (Å²) >= 11 is 1.89. The van der Waals surface area contributed by atoms with Gasteiger partial charge in [0.1, 0.15) is 0 Å². The van der Waals surface area contributed by atoms with Crippen LogP contribution in [0.2, 0.25) is 0 Å². The molecule has 1 N–H and O–H groups in total. The normalized spacial score (nSPS) is 35.7. The SMILES string of the molecule is CCC1(C)CCSC(=NCC2CC2)N1. The molecule has 2 nitrogen and oxygen atoms in total. The van der Waals surface area contributed by atoms with E-state index in [1.807, 2.05) is 11.8 Å². The van der Waals surface area contributed by atoms with E-state index in [0.29, 0.717) is 5.54 Å². The largest absolute Gasteiger partial charge is 0.360 e. The minimum atomic E-state index is 0.299. The van der Waals surface area contributed by atoms with Gasteiger partial charge in [0.25, 0.3) is 0 Å². The number of thioether (sulfide) groups is 1. The van der Waals surface area contributed by atoms with Crippen molar-refractivity contribution >= 4 is 16.9 Å². The predicted molar refractivity (Wildman–Crippen MR) is 63.9 cm³/mol. The summed E-state index contributed by atoms with van der Waals surface area (Å²) in [6, 6.07) is 0. The first kappa shape index (κ1) is 10.3. The third kappa shape index (κ3) is 2.66. The maximum absolute atomic E-state index is 4.66. The molecule has 1 atom stereocenters. The van der Waals surface area contributed by atoms with E-state index in [4.69, 9.17) is 0 Å². The first-order chi connectivity index (χ1) is 6.72. The second-order valence-corrected chi connectivity index (χ2v) is 5.81. The number of rotatable bonds is 3. The zero-order valence-corrected chi connectivity index (χ0v) is 9.99. The predicted octanol–water partition coefficient (Wildman–Crippen LogP) is 2.65. The van der Waals surface area contributed by atoms with E-state index in [1.165, 1.54) is 36.6 Å². The van der Waals surface area contributed by atoms with E-state index in [9.17, 15) is 0 Å². The molecule has 3 heteroatoms. The van der Waals surface area contributed by atoms with Crippen molar-refractivity contribution in [2.24, 2.45) is 10.9 Å². The van der Waals surface area contributed by atoms with Crippen LogP contribution >= 0.6 is 11.8 Å². The Hall–Kier alpha value is -0.180. The molecule has 2 fully saturated rings. The summed E-state index contributed by atoms with van der Waals surface area (Å²) in [5.41, 5.74) is 0.299. The summed E-state index contributed by atoms with van der Waals surface area (Å²) in [5, 5.41) is 4.76. The van der Waals surface area contributed by atoms with E-state index < -0.39 is 0 Å². The molecule has 14 heavy (non-hydrogen) atoms. The molecular formula is C11H20N2S. The average Bonchev–Trinajstić information content (AvgIpc) is 2.99. The van der Waals surface area contributed by atoms with Crippen molar-refractivity contribution < 1.29 is 0 Å². The Labute approximate surface area is 90.9 Å². The quantitative estimate of drug-likeness (QED) is 0.778. The van der Waals surface area contributed by atoms with E-state index in [0.717, 1.165) is 12.5 Å². The lowest BCUT2D eigenvalue weighted by molar-refractivity contribution is 0.390. The highest BCUT2D eigenvalue weighted by molar-refractivity contribution is 8.13. The van der Waals surface area contributed by atoms with Crippen LogP contribution in [0.1, 0.15) is 39.5 Å². The Balaban J connectivity index is 1.88. The fourth-order valence-corrected chi connectivity index (χ4v) is 2.82. The van der Waals surface area contributed by atoms with Crippen LogP contribution in [0.3, 0.4) is 0 Å². The molecule has 0 aromatic heterocycles. The highest BCUT2D eigenvalue weighted by atomic mass is 32.2. The highest BCUT2D eigenvalue weighted by Gasteiger charge is 2.28. The molecule has 0 bridgehead atoms. The van der Waals surface area contributed by atoms with Crippen LogP contribution in [0.15, 0.2) is 4.99 Å². The molecule has 2 rings (SSSR count). The van der Waals surface area contributed by atoms with E-state index in [2.05, 4.69) is 24.2 Å². The second-order valence-electron chi connectivity index (χ2n) is 4.73. The third-order valence-electron chi connectivity index (χ3n) is 3.27. The van der Waals surface area contributed by atoms with Gasteiger partial charge in [-0.25, -0.2) is 0 Å². The summed E-state index contributed by atoms with van der Waals surface area (Å²) in [6.45, 7) is 5.61. The van der Waals surface area contributed by atoms with Gasteiger partial charge in [0.15, 0.2) is 5.17 Å². The molecule has 1 unspecified atom stereocenters. The Morgan fingerprint density at radius 3 is 3.00 bits per heavy atom. The first-order valence-electron chi connectivity index (χ1n) is 5.67. The molecule has 0 radical (unpaired) electrons. The van der Waals surface area contributed by atoms with Gasteiger partial charge in [-0.05, 0) is 38.5 Å². The summed E-state index contributed by atoms with van der Waals surface area (Å²) in [4.78, 5) is 4.66. The number of amidine groups is 1. The topological polar surface area (TPSA) is 24.4 Å². The minimum Gasteiger partial charge on any atom is -0.360 e. The summed E-state index contributed by atoms with van der Waals surface area (Å²) < 4.78 is 0. The monoisotopic (exact) mass is 212 g/mol. The Kier molecular flexibility index (Phi) is 3.05. The van der Waals surface area contributed by atoms with Gasteiger partial charge < -0.3 is 5.32 Å². The number of aliphatic imine (C=N–C) groups is 1. The Morgan fingerprint density at radius 1 is 1.57 bits per heavy atom. The van der Waals surface area contributed by atoms with Crippen molar-refractivity contribution in [2.75, 3.05) is 12.3 Å². The fourth-order valence-electron chi connectivity index (χ4n) is 1.59.